The molecule has 1 heterocycles. The molecule has 0 aliphatic carbocycles. The summed E-state index contributed by atoms with van der Waals surface area (Å²) in [5, 5.41) is 9.18. The second-order valence-corrected chi connectivity index (χ2v) is 4.16. The van der Waals surface area contributed by atoms with E-state index in [0.29, 0.717) is 18.4 Å². The van der Waals surface area contributed by atoms with Crippen LogP contribution >= 0.6 is 0 Å². The van der Waals surface area contributed by atoms with Crippen LogP contribution in [-0.2, 0) is 4.79 Å². The summed E-state index contributed by atoms with van der Waals surface area (Å²) in [4.78, 5) is 22.0. The molecule has 0 amide bonds. The molecule has 1 N–H and O–H groups in total. The van der Waals surface area contributed by atoms with Gasteiger partial charge in [-0.1, -0.05) is 32.6 Å². The molecule has 94 valence electrons. The first-order valence-electron chi connectivity index (χ1n) is 6.05. The molecule has 0 saturated heterocycles. The van der Waals surface area contributed by atoms with Gasteiger partial charge in [0.05, 0.1) is 5.69 Å². The quantitative estimate of drug-likeness (QED) is 0.558. The monoisotopic (exact) mass is 237 g/mol. The third-order valence-electron chi connectivity index (χ3n) is 2.88. The van der Waals surface area contributed by atoms with Crippen LogP contribution in [0.1, 0.15) is 55.6 Å². The van der Waals surface area contributed by atoms with Crippen molar-refractivity contribution in [2.24, 2.45) is 0 Å². The zero-order valence-electron chi connectivity index (χ0n) is 10.1. The molecule has 0 saturated carbocycles. The largest absolute Gasteiger partial charge is 0.480 e. The number of aromatic nitrogens is 1. The molecular weight excluding hydrogens is 218 g/mol. The van der Waals surface area contributed by atoms with E-state index in [4.69, 9.17) is 0 Å². The molecule has 4 nitrogen and oxygen atoms in total. The van der Waals surface area contributed by atoms with Gasteiger partial charge in [0.1, 0.15) is 6.04 Å². The summed E-state index contributed by atoms with van der Waals surface area (Å²) >= 11 is 0. The van der Waals surface area contributed by atoms with E-state index in [1.54, 1.807) is 22.9 Å². The Morgan fingerprint density at radius 1 is 1.47 bits per heavy atom. The zero-order chi connectivity index (χ0) is 12.7. The second-order valence-electron chi connectivity index (χ2n) is 4.16. The van der Waals surface area contributed by atoms with Gasteiger partial charge < -0.3 is 9.67 Å². The van der Waals surface area contributed by atoms with Crippen LogP contribution in [0.15, 0.2) is 18.3 Å². The molecule has 0 bridgehead atoms. The molecule has 1 rings (SSSR count). The number of nitrogens with zero attached hydrogens (tertiary/aromatic N) is 1. The van der Waals surface area contributed by atoms with E-state index in [1.165, 1.54) is 0 Å². The highest BCUT2D eigenvalue weighted by molar-refractivity contribution is 5.76. The Hall–Kier alpha value is -1.58. The molecular formula is C13H19NO3. The molecule has 0 aromatic carbocycles. The van der Waals surface area contributed by atoms with Crippen LogP contribution in [0, 0.1) is 0 Å². The average molecular weight is 237 g/mol. The van der Waals surface area contributed by atoms with Gasteiger partial charge in [-0.25, -0.2) is 4.79 Å². The van der Waals surface area contributed by atoms with Crippen LogP contribution in [0.3, 0.4) is 0 Å². The van der Waals surface area contributed by atoms with Gasteiger partial charge in [-0.05, 0) is 18.6 Å². The molecule has 1 atom stereocenters. The number of carbonyl (C=O) groups excluding carboxylic acids is 1. The third-order valence-corrected chi connectivity index (χ3v) is 2.88. The van der Waals surface area contributed by atoms with E-state index in [2.05, 4.69) is 6.92 Å². The van der Waals surface area contributed by atoms with Crippen LogP contribution in [0.5, 0.6) is 0 Å². The number of carbonyl (C=O) groups is 2. The summed E-state index contributed by atoms with van der Waals surface area (Å²) in [6, 6.07) is 2.71. The molecule has 0 aliphatic heterocycles. The molecule has 1 aromatic heterocycles. The standard InChI is InChI=1S/C13H19NO3/c1-2-3-4-5-8-12(13(16)17)14-9-6-7-11(14)10-15/h6-7,9-10,12H,2-5,8H2,1H3,(H,16,17). The van der Waals surface area contributed by atoms with Crippen molar-refractivity contribution in [2.75, 3.05) is 0 Å². The maximum Gasteiger partial charge on any atom is 0.326 e. The van der Waals surface area contributed by atoms with Crippen LogP contribution in [0.25, 0.3) is 0 Å². The Balaban J connectivity index is 2.66. The van der Waals surface area contributed by atoms with Crippen LogP contribution in [-0.4, -0.2) is 21.9 Å². The smallest absolute Gasteiger partial charge is 0.326 e. The van der Waals surface area contributed by atoms with E-state index in [0.717, 1.165) is 25.7 Å². The van der Waals surface area contributed by atoms with Gasteiger partial charge in [0.2, 0.25) is 0 Å². The van der Waals surface area contributed by atoms with E-state index >= 15 is 0 Å². The van der Waals surface area contributed by atoms with E-state index in [1.807, 2.05) is 0 Å². The fourth-order valence-electron chi connectivity index (χ4n) is 1.94. The minimum absolute atomic E-state index is 0.424. The van der Waals surface area contributed by atoms with Crippen molar-refractivity contribution in [1.82, 2.24) is 4.57 Å². The lowest BCUT2D eigenvalue weighted by molar-refractivity contribution is -0.141. The Morgan fingerprint density at radius 2 is 2.24 bits per heavy atom. The van der Waals surface area contributed by atoms with E-state index in [-0.39, 0.29) is 0 Å². The lowest BCUT2D eigenvalue weighted by Gasteiger charge is -2.15. The van der Waals surface area contributed by atoms with Crippen molar-refractivity contribution in [3.63, 3.8) is 0 Å². The van der Waals surface area contributed by atoms with E-state index < -0.39 is 12.0 Å². The number of unbranched alkanes of at least 4 members (excludes halogenated alkanes) is 3. The van der Waals surface area contributed by atoms with Crippen molar-refractivity contribution in [1.29, 1.82) is 0 Å². The summed E-state index contributed by atoms with van der Waals surface area (Å²) in [7, 11) is 0. The van der Waals surface area contributed by atoms with Gasteiger partial charge in [-0.2, -0.15) is 0 Å². The van der Waals surface area contributed by atoms with Crippen LogP contribution in [0.2, 0.25) is 0 Å². The van der Waals surface area contributed by atoms with Crippen LogP contribution in [0.4, 0.5) is 0 Å². The molecule has 0 radical (unpaired) electrons. The van der Waals surface area contributed by atoms with Crippen LogP contribution < -0.4 is 0 Å². The Kier molecular flexibility index (Phi) is 5.46. The third kappa shape index (κ3) is 3.73. The molecule has 1 unspecified atom stereocenters. The van der Waals surface area contributed by atoms with Gasteiger partial charge in [0.15, 0.2) is 6.29 Å². The SMILES string of the molecule is CCCCCCC(C(=O)O)n1cccc1C=O. The van der Waals surface area contributed by atoms with Gasteiger partial charge >= 0.3 is 5.97 Å². The molecule has 1 aromatic rings. The first kappa shape index (κ1) is 13.5. The minimum atomic E-state index is -0.874. The summed E-state index contributed by atoms with van der Waals surface area (Å²) in [6.45, 7) is 2.12. The fraction of sp³-hybridized carbons (Fsp3) is 0.538. The first-order chi connectivity index (χ1) is 8.20. The van der Waals surface area contributed by atoms with Crippen molar-refractivity contribution >= 4 is 12.3 Å². The second kappa shape index (κ2) is 6.89. The molecule has 0 spiro atoms. The van der Waals surface area contributed by atoms with Crippen molar-refractivity contribution < 1.29 is 14.7 Å². The number of carboxylic acid groups (broad SMARTS) is 1. The number of hydrogen-bond donors (Lipinski definition) is 1. The Labute approximate surface area is 101 Å². The van der Waals surface area contributed by atoms with Crippen molar-refractivity contribution in [3.05, 3.63) is 24.0 Å². The number of carboxylic acids is 1. The highest BCUT2D eigenvalue weighted by Crippen LogP contribution is 2.19. The average Bonchev–Trinajstić information content (AvgIpc) is 2.76. The topological polar surface area (TPSA) is 59.3 Å². The molecule has 0 fully saturated rings. The van der Waals surface area contributed by atoms with Gasteiger partial charge in [-0.3, -0.25) is 4.79 Å². The Morgan fingerprint density at radius 3 is 2.82 bits per heavy atom. The lowest BCUT2D eigenvalue weighted by atomic mass is 10.1. The summed E-state index contributed by atoms with van der Waals surface area (Å²) in [5.74, 6) is -0.874. The van der Waals surface area contributed by atoms with Gasteiger partial charge in [0, 0.05) is 6.20 Å². The van der Waals surface area contributed by atoms with E-state index in [9.17, 15) is 14.7 Å². The Bertz CT molecular complexity index is 370. The van der Waals surface area contributed by atoms with Gasteiger partial charge in [0.25, 0.3) is 0 Å². The summed E-state index contributed by atoms with van der Waals surface area (Å²) < 4.78 is 1.54. The number of rotatable bonds is 8. The normalized spacial score (nSPS) is 12.3. The van der Waals surface area contributed by atoms with Crippen molar-refractivity contribution in [3.8, 4) is 0 Å². The predicted molar refractivity (Wildman–Crippen MR) is 65.3 cm³/mol. The maximum atomic E-state index is 11.2. The molecule has 17 heavy (non-hydrogen) atoms. The maximum absolute atomic E-state index is 11.2. The highest BCUT2D eigenvalue weighted by atomic mass is 16.4. The first-order valence-corrected chi connectivity index (χ1v) is 6.05. The number of hydrogen-bond acceptors (Lipinski definition) is 2. The number of aldehydes is 1. The predicted octanol–water partition coefficient (Wildman–Crippen LogP) is 2.90. The minimum Gasteiger partial charge on any atom is -0.480 e. The lowest BCUT2D eigenvalue weighted by Crippen LogP contribution is -2.20. The van der Waals surface area contributed by atoms with Gasteiger partial charge in [-0.15, -0.1) is 0 Å². The molecule has 4 heteroatoms. The summed E-state index contributed by atoms with van der Waals surface area (Å²) in [6.07, 6.45) is 7.09. The van der Waals surface area contributed by atoms with Crippen molar-refractivity contribution in [2.45, 2.75) is 45.1 Å². The summed E-state index contributed by atoms with van der Waals surface area (Å²) in [5.41, 5.74) is 0.424. The molecule has 0 aliphatic rings. The fourth-order valence-corrected chi connectivity index (χ4v) is 1.94. The zero-order valence-corrected chi connectivity index (χ0v) is 10.1. The number of aliphatic carboxylic acids is 1. The highest BCUT2D eigenvalue weighted by Gasteiger charge is 2.20.